The Balaban J connectivity index is 1.76. The zero-order chi connectivity index (χ0) is 23.6. The second-order valence-corrected chi connectivity index (χ2v) is 9.21. The minimum absolute atomic E-state index is 0.0393. The van der Waals surface area contributed by atoms with Gasteiger partial charge in [0, 0.05) is 24.3 Å². The van der Waals surface area contributed by atoms with Gasteiger partial charge in [0.15, 0.2) is 16.3 Å². The summed E-state index contributed by atoms with van der Waals surface area (Å²) in [5.74, 6) is 2.30. The van der Waals surface area contributed by atoms with E-state index >= 15 is 0 Å². The number of thioether (sulfide) groups is 1. The first-order valence-corrected chi connectivity index (χ1v) is 12.6. The van der Waals surface area contributed by atoms with Crippen LogP contribution in [0.2, 0.25) is 0 Å². The smallest absolute Gasteiger partial charge is 0.326 e. The maximum atomic E-state index is 12.6. The van der Waals surface area contributed by atoms with Crippen LogP contribution in [0.5, 0.6) is 11.5 Å². The van der Waals surface area contributed by atoms with Crippen molar-refractivity contribution < 1.29 is 23.8 Å². The van der Waals surface area contributed by atoms with E-state index in [-0.39, 0.29) is 19.1 Å². The number of nitrogens with zero attached hydrogens (tertiary/aromatic N) is 2. The summed E-state index contributed by atoms with van der Waals surface area (Å²) in [4.78, 5) is 29.6. The molecule has 0 aliphatic heterocycles. The van der Waals surface area contributed by atoms with Gasteiger partial charge in [0.2, 0.25) is 5.91 Å². The normalized spacial score (nSPS) is 11.5. The van der Waals surface area contributed by atoms with Crippen molar-refractivity contribution >= 4 is 45.2 Å². The maximum Gasteiger partial charge on any atom is 0.326 e. The molecule has 9 heteroatoms. The molecule has 0 N–H and O–H groups in total. The third kappa shape index (κ3) is 6.85. The lowest BCUT2D eigenvalue weighted by molar-refractivity contribution is -0.143. The fourth-order valence-corrected chi connectivity index (χ4v) is 5.20. The number of benzene rings is 2. The molecule has 0 aliphatic rings. The summed E-state index contributed by atoms with van der Waals surface area (Å²) in [6.07, 6.45) is 1.09. The Hall–Kier alpha value is -2.78. The van der Waals surface area contributed by atoms with Gasteiger partial charge in [-0.3, -0.25) is 9.59 Å². The first-order chi connectivity index (χ1) is 16.0. The highest BCUT2D eigenvalue weighted by Gasteiger charge is 2.16. The van der Waals surface area contributed by atoms with Crippen LogP contribution >= 0.6 is 23.1 Å². The van der Waals surface area contributed by atoms with Crippen molar-refractivity contribution in [3.05, 3.63) is 52.8 Å². The average molecular weight is 489 g/mol. The highest BCUT2D eigenvalue weighted by molar-refractivity contribution is 7.98. The molecule has 0 aliphatic carbocycles. The molecule has 0 fully saturated rings. The zero-order valence-corrected chi connectivity index (χ0v) is 20.7. The summed E-state index contributed by atoms with van der Waals surface area (Å²) in [5.41, 5.74) is 2.00. The summed E-state index contributed by atoms with van der Waals surface area (Å²) < 4.78 is 18.4. The third-order valence-electron chi connectivity index (χ3n) is 4.79. The average Bonchev–Trinajstić information content (AvgIpc) is 3.14. The van der Waals surface area contributed by atoms with Crippen LogP contribution in [0, 0.1) is 0 Å². The number of aromatic nitrogens is 1. The summed E-state index contributed by atoms with van der Waals surface area (Å²) >= 11 is 3.13. The molecule has 176 valence electrons. The third-order valence-corrected chi connectivity index (χ3v) is 6.95. The van der Waals surface area contributed by atoms with E-state index in [1.54, 1.807) is 43.5 Å². The predicted molar refractivity (Wildman–Crippen MR) is 132 cm³/mol. The number of hydrogen-bond donors (Lipinski definition) is 0. The van der Waals surface area contributed by atoms with Crippen LogP contribution in [-0.4, -0.2) is 43.0 Å². The summed E-state index contributed by atoms with van der Waals surface area (Å²) in [7, 11) is 3.12. The van der Waals surface area contributed by atoms with Crippen LogP contribution in [0.1, 0.15) is 25.3 Å². The monoisotopic (exact) mass is 488 g/mol. The van der Waals surface area contributed by atoms with Crippen LogP contribution in [0.15, 0.2) is 47.5 Å². The lowest BCUT2D eigenvalue weighted by atomic mass is 10.2. The second-order valence-electron chi connectivity index (χ2n) is 7.10. The van der Waals surface area contributed by atoms with Gasteiger partial charge in [-0.2, -0.15) is 16.8 Å². The summed E-state index contributed by atoms with van der Waals surface area (Å²) in [6.45, 7) is 2.00. The molecule has 3 rings (SSSR count). The number of methoxy groups -OCH3 is 2. The molecule has 0 saturated carbocycles. The molecule has 0 saturated heterocycles. The minimum Gasteiger partial charge on any atom is -0.493 e. The SMILES string of the molecule is CCOC(=O)Cn1c(=NC(=O)CCCSCc2ccccc2)sc2cc(OC)c(OC)cc21. The van der Waals surface area contributed by atoms with Crippen LogP contribution < -0.4 is 14.3 Å². The Bertz CT molecular complexity index is 1150. The van der Waals surface area contributed by atoms with Gasteiger partial charge < -0.3 is 18.8 Å². The van der Waals surface area contributed by atoms with E-state index in [0.717, 1.165) is 28.1 Å². The molecule has 2 aromatic carbocycles. The van der Waals surface area contributed by atoms with Gasteiger partial charge in [-0.1, -0.05) is 41.7 Å². The van der Waals surface area contributed by atoms with Gasteiger partial charge in [-0.15, -0.1) is 0 Å². The number of fused-ring (bicyclic) bond motifs is 1. The first-order valence-electron chi connectivity index (χ1n) is 10.7. The lowest BCUT2D eigenvalue weighted by Gasteiger charge is -2.09. The number of amides is 1. The van der Waals surface area contributed by atoms with Crippen molar-refractivity contribution in [2.75, 3.05) is 26.6 Å². The van der Waals surface area contributed by atoms with Crippen LogP contribution in [0.4, 0.5) is 0 Å². The molecular formula is C24H28N2O5S2. The molecule has 7 nitrogen and oxygen atoms in total. The predicted octanol–water partition coefficient (Wildman–Crippen LogP) is 4.42. The molecule has 0 unspecified atom stereocenters. The van der Waals surface area contributed by atoms with E-state index in [1.807, 2.05) is 24.3 Å². The van der Waals surface area contributed by atoms with Crippen molar-refractivity contribution in [2.24, 2.45) is 4.99 Å². The van der Waals surface area contributed by atoms with Crippen LogP contribution in [-0.2, 0) is 26.6 Å². The van der Waals surface area contributed by atoms with Gasteiger partial charge in [-0.25, -0.2) is 0 Å². The van der Waals surface area contributed by atoms with Gasteiger partial charge in [0.05, 0.1) is 31.0 Å². The zero-order valence-electron chi connectivity index (χ0n) is 19.0. The first kappa shape index (κ1) is 24.9. The fourth-order valence-electron chi connectivity index (χ4n) is 3.22. The lowest BCUT2D eigenvalue weighted by Crippen LogP contribution is -2.23. The molecular weight excluding hydrogens is 460 g/mol. The van der Waals surface area contributed by atoms with Crippen molar-refractivity contribution in [1.29, 1.82) is 0 Å². The second kappa shape index (κ2) is 12.5. The van der Waals surface area contributed by atoms with Crippen molar-refractivity contribution in [1.82, 2.24) is 4.57 Å². The molecule has 33 heavy (non-hydrogen) atoms. The highest BCUT2D eigenvalue weighted by atomic mass is 32.2. The molecule has 1 heterocycles. The van der Waals surface area contributed by atoms with Crippen molar-refractivity contribution in [3.63, 3.8) is 0 Å². The molecule has 1 aromatic heterocycles. The molecule has 0 bridgehead atoms. The molecule has 1 amide bonds. The standard InChI is InChI=1S/C24H28N2O5S2/c1-4-31-23(28)15-26-18-13-19(29-2)20(30-3)14-21(18)33-24(26)25-22(27)11-8-12-32-16-17-9-6-5-7-10-17/h5-7,9-10,13-14H,4,8,11-12,15-16H2,1-3H3. The van der Waals surface area contributed by atoms with Crippen LogP contribution in [0.3, 0.4) is 0 Å². The van der Waals surface area contributed by atoms with Crippen LogP contribution in [0.25, 0.3) is 10.2 Å². The number of rotatable bonds is 11. The molecule has 0 radical (unpaired) electrons. The Morgan fingerprint density at radius 2 is 1.82 bits per heavy atom. The number of thiazole rings is 1. The van der Waals surface area contributed by atoms with E-state index in [9.17, 15) is 9.59 Å². The molecule has 0 spiro atoms. The number of hydrogen-bond acceptors (Lipinski definition) is 7. The molecule has 3 aromatic rings. The van der Waals surface area contributed by atoms with Crippen molar-refractivity contribution in [2.45, 2.75) is 32.1 Å². The Kier molecular flexibility index (Phi) is 9.38. The topological polar surface area (TPSA) is 79.1 Å². The fraction of sp³-hybridized carbons (Fsp3) is 0.375. The van der Waals surface area contributed by atoms with E-state index in [1.165, 1.54) is 16.9 Å². The number of carbonyl (C=O) groups is 2. The summed E-state index contributed by atoms with van der Waals surface area (Å²) in [5, 5.41) is 0. The number of esters is 1. The Morgan fingerprint density at radius 3 is 2.52 bits per heavy atom. The maximum absolute atomic E-state index is 12.6. The molecule has 0 atom stereocenters. The largest absolute Gasteiger partial charge is 0.493 e. The Morgan fingerprint density at radius 1 is 1.09 bits per heavy atom. The Labute approximate surface area is 201 Å². The summed E-state index contributed by atoms with van der Waals surface area (Å²) in [6, 6.07) is 13.9. The number of carbonyl (C=O) groups excluding carboxylic acids is 2. The van der Waals surface area contributed by atoms with E-state index in [2.05, 4.69) is 17.1 Å². The van der Waals surface area contributed by atoms with Gasteiger partial charge in [0.1, 0.15) is 6.54 Å². The van der Waals surface area contributed by atoms with Gasteiger partial charge in [0.25, 0.3) is 0 Å². The minimum atomic E-state index is -0.391. The quantitative estimate of drug-likeness (QED) is 0.294. The van der Waals surface area contributed by atoms with E-state index in [0.29, 0.717) is 22.7 Å². The highest BCUT2D eigenvalue weighted by Crippen LogP contribution is 2.33. The van der Waals surface area contributed by atoms with E-state index in [4.69, 9.17) is 14.2 Å². The number of ether oxygens (including phenoxy) is 3. The van der Waals surface area contributed by atoms with Gasteiger partial charge >= 0.3 is 5.97 Å². The van der Waals surface area contributed by atoms with E-state index < -0.39 is 5.97 Å². The van der Waals surface area contributed by atoms with Crippen molar-refractivity contribution in [3.8, 4) is 11.5 Å². The van der Waals surface area contributed by atoms with Gasteiger partial charge in [-0.05, 0) is 24.7 Å².